The average Bonchev–Trinajstić information content (AvgIpc) is 2.29. The van der Waals surface area contributed by atoms with Gasteiger partial charge < -0.3 is 9.84 Å². The number of rotatable bonds is 4. The molecule has 3 heteroatoms. The summed E-state index contributed by atoms with van der Waals surface area (Å²) in [4.78, 5) is 3.93. The van der Waals surface area contributed by atoms with Gasteiger partial charge in [-0.1, -0.05) is 0 Å². The van der Waals surface area contributed by atoms with E-state index in [1.807, 2.05) is 0 Å². The van der Waals surface area contributed by atoms with Crippen LogP contribution in [0.3, 0.4) is 0 Å². The second kappa shape index (κ2) is 6.05. The fourth-order valence-electron chi connectivity index (χ4n) is 1.33. The average molecular weight is 205 g/mol. The van der Waals surface area contributed by atoms with E-state index in [4.69, 9.17) is 4.74 Å². The van der Waals surface area contributed by atoms with Crippen molar-refractivity contribution in [2.45, 2.75) is 25.9 Å². The minimum absolute atomic E-state index is 0.538. The van der Waals surface area contributed by atoms with Crippen molar-refractivity contribution in [3.63, 3.8) is 0 Å². The van der Waals surface area contributed by atoms with Gasteiger partial charge in [-0.25, -0.2) is 0 Å². The first-order valence-electron chi connectivity index (χ1n) is 4.85. The Bertz CT molecular complexity index is 365. The highest BCUT2D eigenvalue weighted by Crippen LogP contribution is 2.26. The summed E-state index contributed by atoms with van der Waals surface area (Å²) >= 11 is 0. The van der Waals surface area contributed by atoms with Crippen LogP contribution in [0.5, 0.6) is 5.75 Å². The highest BCUT2D eigenvalue weighted by atomic mass is 16.5. The molecule has 0 aromatic carbocycles. The quantitative estimate of drug-likeness (QED) is 0.764. The second-order valence-corrected chi connectivity index (χ2v) is 3.10. The normalized spacial score (nSPS) is 11.4. The van der Waals surface area contributed by atoms with Gasteiger partial charge in [-0.05, 0) is 19.4 Å². The van der Waals surface area contributed by atoms with Crippen LogP contribution in [0.4, 0.5) is 0 Å². The van der Waals surface area contributed by atoms with E-state index >= 15 is 0 Å². The summed E-state index contributed by atoms with van der Waals surface area (Å²) < 4.78 is 5.11. The first-order chi connectivity index (χ1) is 7.29. The summed E-state index contributed by atoms with van der Waals surface area (Å²) in [5, 5.41) is 9.88. The zero-order valence-electron chi connectivity index (χ0n) is 9.03. The van der Waals surface area contributed by atoms with Crippen LogP contribution in [0.25, 0.3) is 0 Å². The second-order valence-electron chi connectivity index (χ2n) is 3.10. The minimum Gasteiger partial charge on any atom is -0.495 e. The van der Waals surface area contributed by atoms with Crippen molar-refractivity contribution in [3.05, 3.63) is 24.0 Å². The van der Waals surface area contributed by atoms with Gasteiger partial charge in [-0.2, -0.15) is 0 Å². The molecule has 3 nitrogen and oxygen atoms in total. The lowest BCUT2D eigenvalue weighted by Crippen LogP contribution is -2.00. The molecule has 1 rings (SSSR count). The van der Waals surface area contributed by atoms with Crippen molar-refractivity contribution >= 4 is 0 Å². The number of aliphatic hydroxyl groups excluding tert-OH is 1. The van der Waals surface area contributed by atoms with E-state index in [9.17, 15) is 5.11 Å². The highest BCUT2D eigenvalue weighted by Gasteiger charge is 2.11. The van der Waals surface area contributed by atoms with Crippen LogP contribution < -0.4 is 4.74 Å². The Morgan fingerprint density at radius 3 is 3.07 bits per heavy atom. The fourth-order valence-corrected chi connectivity index (χ4v) is 1.33. The Labute approximate surface area is 90.1 Å². The molecule has 0 saturated carbocycles. The summed E-state index contributed by atoms with van der Waals surface area (Å²) in [6.45, 7) is 1.79. The molecule has 0 aliphatic carbocycles. The van der Waals surface area contributed by atoms with E-state index in [0.717, 1.165) is 5.56 Å². The summed E-state index contributed by atoms with van der Waals surface area (Å²) in [6, 6.07) is 1.77. The van der Waals surface area contributed by atoms with Crippen LogP contribution >= 0.6 is 0 Å². The van der Waals surface area contributed by atoms with Crippen LogP contribution in [0.15, 0.2) is 18.5 Å². The van der Waals surface area contributed by atoms with E-state index in [1.165, 1.54) is 0 Å². The maximum atomic E-state index is 9.88. The molecule has 0 bridgehead atoms. The molecule has 1 aromatic heterocycles. The third-order valence-electron chi connectivity index (χ3n) is 2.11. The molecule has 0 fully saturated rings. The number of methoxy groups -OCH3 is 1. The topological polar surface area (TPSA) is 42.4 Å². The first-order valence-corrected chi connectivity index (χ1v) is 4.85. The van der Waals surface area contributed by atoms with Crippen molar-refractivity contribution in [2.75, 3.05) is 7.11 Å². The van der Waals surface area contributed by atoms with Gasteiger partial charge in [0.15, 0.2) is 0 Å². The van der Waals surface area contributed by atoms with Crippen LogP contribution in [0.2, 0.25) is 0 Å². The number of pyridine rings is 1. The van der Waals surface area contributed by atoms with E-state index in [0.29, 0.717) is 18.6 Å². The van der Waals surface area contributed by atoms with E-state index in [1.54, 1.807) is 32.5 Å². The Hall–Kier alpha value is -1.53. The third kappa shape index (κ3) is 3.26. The first kappa shape index (κ1) is 11.5. The molecule has 0 spiro atoms. The number of nitrogens with zero attached hydrogens (tertiary/aromatic N) is 1. The fraction of sp³-hybridized carbons (Fsp3) is 0.417. The van der Waals surface area contributed by atoms with Crippen molar-refractivity contribution in [1.82, 2.24) is 4.98 Å². The van der Waals surface area contributed by atoms with Gasteiger partial charge in [0.25, 0.3) is 0 Å². The van der Waals surface area contributed by atoms with Crippen molar-refractivity contribution in [3.8, 4) is 17.6 Å². The molecule has 1 atom stereocenters. The monoisotopic (exact) mass is 205 g/mol. The van der Waals surface area contributed by atoms with Crippen LogP contribution in [0.1, 0.15) is 31.4 Å². The van der Waals surface area contributed by atoms with Gasteiger partial charge in [0.2, 0.25) is 0 Å². The van der Waals surface area contributed by atoms with Gasteiger partial charge in [-0.15, -0.1) is 11.8 Å². The van der Waals surface area contributed by atoms with Crippen molar-refractivity contribution in [2.24, 2.45) is 0 Å². The highest BCUT2D eigenvalue weighted by molar-refractivity contribution is 5.31. The third-order valence-corrected chi connectivity index (χ3v) is 2.11. The standard InChI is InChI=1S/C12H15NO2/c1-3-4-5-6-11(14)10-7-8-13-9-12(10)15-2/h7-9,11,14H,5-6H2,1-2H3. The van der Waals surface area contributed by atoms with Crippen molar-refractivity contribution < 1.29 is 9.84 Å². The minimum atomic E-state index is -0.538. The lowest BCUT2D eigenvalue weighted by atomic mass is 10.1. The number of aliphatic hydroxyl groups is 1. The lowest BCUT2D eigenvalue weighted by Gasteiger charge is -2.12. The summed E-state index contributed by atoms with van der Waals surface area (Å²) in [6.07, 6.45) is 4.00. The summed E-state index contributed by atoms with van der Waals surface area (Å²) in [7, 11) is 1.57. The van der Waals surface area contributed by atoms with E-state index in [-0.39, 0.29) is 0 Å². The smallest absolute Gasteiger partial charge is 0.142 e. The van der Waals surface area contributed by atoms with Crippen LogP contribution in [-0.2, 0) is 0 Å². The molecule has 1 unspecified atom stereocenters. The van der Waals surface area contributed by atoms with E-state index < -0.39 is 6.10 Å². The number of hydrogen-bond donors (Lipinski definition) is 1. The maximum absolute atomic E-state index is 9.88. The molecular formula is C12H15NO2. The lowest BCUT2D eigenvalue weighted by molar-refractivity contribution is 0.165. The molecule has 0 aliphatic heterocycles. The SMILES string of the molecule is CC#CCCC(O)c1ccncc1OC. The predicted octanol–water partition coefficient (Wildman–Crippen LogP) is 1.93. The Kier molecular flexibility index (Phi) is 4.65. The van der Waals surface area contributed by atoms with E-state index in [2.05, 4.69) is 16.8 Å². The zero-order chi connectivity index (χ0) is 11.1. The number of ether oxygens (including phenoxy) is 1. The largest absolute Gasteiger partial charge is 0.495 e. The van der Waals surface area contributed by atoms with Gasteiger partial charge in [0.1, 0.15) is 5.75 Å². The number of aromatic nitrogens is 1. The maximum Gasteiger partial charge on any atom is 0.142 e. The van der Waals surface area contributed by atoms with Gasteiger partial charge in [0.05, 0.1) is 19.4 Å². The molecule has 0 aliphatic rings. The molecule has 0 saturated heterocycles. The molecule has 1 N–H and O–H groups in total. The van der Waals surface area contributed by atoms with Gasteiger partial charge in [0, 0.05) is 18.2 Å². The predicted molar refractivity (Wildman–Crippen MR) is 58.4 cm³/mol. The van der Waals surface area contributed by atoms with Gasteiger partial charge in [-0.3, -0.25) is 4.98 Å². The Balaban J connectivity index is 2.70. The Morgan fingerprint density at radius 2 is 2.40 bits per heavy atom. The van der Waals surface area contributed by atoms with Gasteiger partial charge >= 0.3 is 0 Å². The summed E-state index contributed by atoms with van der Waals surface area (Å²) in [5.74, 6) is 6.34. The Morgan fingerprint density at radius 1 is 1.60 bits per heavy atom. The zero-order valence-corrected chi connectivity index (χ0v) is 9.03. The molecule has 1 aromatic rings. The molecule has 80 valence electrons. The number of hydrogen-bond acceptors (Lipinski definition) is 3. The molecular weight excluding hydrogens is 190 g/mol. The summed E-state index contributed by atoms with van der Waals surface area (Å²) in [5.41, 5.74) is 0.769. The van der Waals surface area contributed by atoms with Crippen molar-refractivity contribution in [1.29, 1.82) is 0 Å². The van der Waals surface area contributed by atoms with Crippen LogP contribution in [-0.4, -0.2) is 17.2 Å². The van der Waals surface area contributed by atoms with Crippen LogP contribution in [0, 0.1) is 11.8 Å². The molecule has 0 radical (unpaired) electrons. The molecule has 15 heavy (non-hydrogen) atoms. The molecule has 1 heterocycles. The molecule has 0 amide bonds.